The van der Waals surface area contributed by atoms with Crippen molar-refractivity contribution in [3.05, 3.63) is 65.7 Å². The number of guanidine groups is 1. The lowest BCUT2D eigenvalue weighted by Gasteiger charge is -2.24. The number of nitrogens with zero attached hydrogens (tertiary/aromatic N) is 1. The van der Waals surface area contributed by atoms with Crippen LogP contribution in [0.2, 0.25) is 0 Å². The van der Waals surface area contributed by atoms with Gasteiger partial charge in [-0.25, -0.2) is 0 Å². The molecule has 4 N–H and O–H groups in total. The number of nitrogens with two attached hydrogens (primary N) is 1. The minimum atomic E-state index is -0.496. The number of carbonyl (C=O) groups is 1. The van der Waals surface area contributed by atoms with Gasteiger partial charge in [-0.05, 0) is 30.2 Å². The maximum absolute atomic E-state index is 10.8. The molecule has 0 saturated heterocycles. The number of aliphatic imine (C=N–C) groups is 1. The highest BCUT2D eigenvalue weighted by Crippen LogP contribution is 2.18. The van der Waals surface area contributed by atoms with E-state index in [0.717, 1.165) is 11.5 Å². The largest absolute Gasteiger partial charge is 0.484 e. The highest BCUT2D eigenvalue weighted by molar-refractivity contribution is 14.0. The van der Waals surface area contributed by atoms with Crippen LogP contribution < -0.4 is 21.1 Å². The van der Waals surface area contributed by atoms with Gasteiger partial charge in [-0.2, -0.15) is 0 Å². The summed E-state index contributed by atoms with van der Waals surface area (Å²) in [5.74, 6) is 1.19. The van der Waals surface area contributed by atoms with Crippen molar-refractivity contribution in [2.45, 2.75) is 32.4 Å². The molecule has 2 rings (SSSR count). The zero-order chi connectivity index (χ0) is 19.6. The Hall–Kier alpha value is -2.29. The molecule has 0 aliphatic rings. The number of amides is 1. The lowest BCUT2D eigenvalue weighted by Crippen LogP contribution is -2.43. The molecule has 7 heteroatoms. The van der Waals surface area contributed by atoms with Crippen LogP contribution in [-0.2, 0) is 11.3 Å². The van der Waals surface area contributed by atoms with Gasteiger partial charge >= 0.3 is 0 Å². The molecule has 0 fully saturated rings. The van der Waals surface area contributed by atoms with Crippen LogP contribution in [0.15, 0.2) is 59.6 Å². The van der Waals surface area contributed by atoms with Crippen molar-refractivity contribution in [2.75, 3.05) is 13.7 Å². The normalized spacial score (nSPS) is 13.0. The molecule has 1 amide bonds. The summed E-state index contributed by atoms with van der Waals surface area (Å²) in [5.41, 5.74) is 7.41. The molecule has 2 aromatic carbocycles. The van der Waals surface area contributed by atoms with Crippen molar-refractivity contribution in [1.29, 1.82) is 0 Å². The highest BCUT2D eigenvalue weighted by Gasteiger charge is 2.15. The number of primary amides is 1. The Morgan fingerprint density at radius 2 is 1.86 bits per heavy atom. The molecule has 2 aromatic rings. The Morgan fingerprint density at radius 1 is 1.14 bits per heavy atom. The van der Waals surface area contributed by atoms with Gasteiger partial charge in [0.05, 0.1) is 0 Å². The van der Waals surface area contributed by atoms with Gasteiger partial charge in [0.25, 0.3) is 5.91 Å². The summed E-state index contributed by atoms with van der Waals surface area (Å²) >= 11 is 0. The molecule has 0 aliphatic carbocycles. The van der Waals surface area contributed by atoms with Crippen LogP contribution in [0, 0.1) is 0 Å². The number of hydrogen-bond donors (Lipinski definition) is 3. The van der Waals surface area contributed by atoms with E-state index in [9.17, 15) is 4.79 Å². The minimum Gasteiger partial charge on any atom is -0.484 e. The fraction of sp³-hybridized carbons (Fsp3) is 0.333. The van der Waals surface area contributed by atoms with Gasteiger partial charge in [-0.3, -0.25) is 9.79 Å². The molecule has 2 unspecified atom stereocenters. The number of ether oxygens (including phenoxy) is 1. The second kappa shape index (κ2) is 12.2. The lowest BCUT2D eigenvalue weighted by molar-refractivity contribution is -0.119. The van der Waals surface area contributed by atoms with E-state index in [1.165, 1.54) is 5.56 Å². The lowest BCUT2D eigenvalue weighted by atomic mass is 9.94. The van der Waals surface area contributed by atoms with Crippen LogP contribution in [-0.4, -0.2) is 31.6 Å². The van der Waals surface area contributed by atoms with Crippen LogP contribution in [0.25, 0.3) is 0 Å². The minimum absolute atomic E-state index is 0. The fourth-order valence-electron chi connectivity index (χ4n) is 2.67. The predicted octanol–water partition coefficient (Wildman–Crippen LogP) is 3.03. The van der Waals surface area contributed by atoms with E-state index in [1.54, 1.807) is 13.1 Å². The third-order valence-electron chi connectivity index (χ3n) is 4.40. The van der Waals surface area contributed by atoms with E-state index >= 15 is 0 Å². The van der Waals surface area contributed by atoms with Crippen molar-refractivity contribution in [3.63, 3.8) is 0 Å². The van der Waals surface area contributed by atoms with Crippen LogP contribution in [0.1, 0.15) is 30.9 Å². The molecular weight excluding hydrogens is 467 g/mol. The smallest absolute Gasteiger partial charge is 0.255 e. The fourth-order valence-corrected chi connectivity index (χ4v) is 2.67. The topological polar surface area (TPSA) is 88.7 Å². The Bertz CT molecular complexity index is 768. The molecule has 0 spiro atoms. The zero-order valence-electron chi connectivity index (χ0n) is 16.5. The Kier molecular flexibility index (Phi) is 10.4. The number of hydrogen-bond acceptors (Lipinski definition) is 3. The van der Waals surface area contributed by atoms with Crippen molar-refractivity contribution in [3.8, 4) is 5.75 Å². The maximum atomic E-state index is 10.8. The first-order valence-electron chi connectivity index (χ1n) is 9.01. The van der Waals surface area contributed by atoms with E-state index in [-0.39, 0.29) is 36.6 Å². The molecule has 28 heavy (non-hydrogen) atoms. The second-order valence-electron chi connectivity index (χ2n) is 6.46. The van der Waals surface area contributed by atoms with E-state index in [2.05, 4.69) is 53.7 Å². The van der Waals surface area contributed by atoms with E-state index in [0.29, 0.717) is 18.2 Å². The Balaban J connectivity index is 0.00000392. The summed E-state index contributed by atoms with van der Waals surface area (Å²) in [4.78, 5) is 15.1. The summed E-state index contributed by atoms with van der Waals surface area (Å²) in [5, 5.41) is 6.74. The molecule has 2 atom stereocenters. The molecule has 152 valence electrons. The van der Waals surface area contributed by atoms with Gasteiger partial charge in [0.1, 0.15) is 5.75 Å². The Labute approximate surface area is 184 Å². The van der Waals surface area contributed by atoms with Gasteiger partial charge in [-0.1, -0.05) is 49.4 Å². The molecular formula is C21H29IN4O2. The highest BCUT2D eigenvalue weighted by atomic mass is 127. The van der Waals surface area contributed by atoms with Gasteiger partial charge in [0.15, 0.2) is 12.6 Å². The third-order valence-corrected chi connectivity index (χ3v) is 4.40. The van der Waals surface area contributed by atoms with E-state index < -0.39 is 5.91 Å². The standard InChI is InChI=1S/C21H28N4O2.HI/c1-15(18-9-5-4-6-10-18)16(2)25-21(23-3)24-13-17-8-7-11-19(12-17)27-14-20(22)26;/h4-12,15-16H,13-14H2,1-3H3,(H2,22,26)(H2,23,24,25);1H. The second-order valence-corrected chi connectivity index (χ2v) is 6.46. The molecule has 0 aromatic heterocycles. The van der Waals surface area contributed by atoms with Crippen LogP contribution in [0.3, 0.4) is 0 Å². The molecule has 0 heterocycles. The maximum Gasteiger partial charge on any atom is 0.255 e. The van der Waals surface area contributed by atoms with Crippen LogP contribution >= 0.6 is 24.0 Å². The number of halogens is 1. The molecule has 0 radical (unpaired) electrons. The van der Waals surface area contributed by atoms with Gasteiger partial charge in [0.2, 0.25) is 0 Å². The quantitative estimate of drug-likeness (QED) is 0.298. The Morgan fingerprint density at radius 3 is 2.50 bits per heavy atom. The summed E-state index contributed by atoms with van der Waals surface area (Å²) in [6.07, 6.45) is 0. The van der Waals surface area contributed by atoms with Crippen LogP contribution in [0.5, 0.6) is 5.75 Å². The number of carbonyl (C=O) groups excluding carboxylic acids is 1. The van der Waals surface area contributed by atoms with Gasteiger partial charge in [0, 0.05) is 25.6 Å². The summed E-state index contributed by atoms with van der Waals surface area (Å²) in [6.45, 7) is 4.79. The third kappa shape index (κ3) is 7.75. The summed E-state index contributed by atoms with van der Waals surface area (Å²) in [6, 6.07) is 18.1. The molecule has 6 nitrogen and oxygen atoms in total. The first-order chi connectivity index (χ1) is 13.0. The number of nitrogens with one attached hydrogen (secondary N) is 2. The summed E-state index contributed by atoms with van der Waals surface area (Å²) < 4.78 is 5.34. The van der Waals surface area contributed by atoms with Gasteiger partial charge < -0.3 is 21.1 Å². The molecule has 0 aliphatic heterocycles. The average molecular weight is 496 g/mol. The van der Waals surface area contributed by atoms with Gasteiger partial charge in [-0.15, -0.1) is 24.0 Å². The zero-order valence-corrected chi connectivity index (χ0v) is 18.8. The van der Waals surface area contributed by atoms with Crippen LogP contribution in [0.4, 0.5) is 0 Å². The molecule has 0 bridgehead atoms. The van der Waals surface area contributed by atoms with Crippen molar-refractivity contribution in [1.82, 2.24) is 10.6 Å². The predicted molar refractivity (Wildman–Crippen MR) is 124 cm³/mol. The number of benzene rings is 2. The van der Waals surface area contributed by atoms with Crippen molar-refractivity contribution < 1.29 is 9.53 Å². The van der Waals surface area contributed by atoms with Crippen molar-refractivity contribution in [2.24, 2.45) is 10.7 Å². The van der Waals surface area contributed by atoms with E-state index in [4.69, 9.17) is 10.5 Å². The molecule has 0 saturated carbocycles. The van der Waals surface area contributed by atoms with E-state index in [1.807, 2.05) is 24.3 Å². The summed E-state index contributed by atoms with van der Waals surface area (Å²) in [7, 11) is 1.75. The first kappa shape index (κ1) is 23.7. The SMILES string of the molecule is CN=C(NCc1cccc(OCC(N)=O)c1)NC(C)C(C)c1ccccc1.I. The average Bonchev–Trinajstić information content (AvgIpc) is 2.69. The monoisotopic (exact) mass is 496 g/mol. The number of rotatable bonds is 8. The first-order valence-corrected chi connectivity index (χ1v) is 9.01. The van der Waals surface area contributed by atoms with Crippen molar-refractivity contribution >= 4 is 35.8 Å².